The SMILES string of the molecule is COCCCNCOCCN(C)CC[C@H](N)c1ccc(F)cc1. The van der Waals surface area contributed by atoms with Crippen LogP contribution in [0.3, 0.4) is 0 Å². The Morgan fingerprint density at radius 3 is 2.65 bits per heavy atom. The first-order chi connectivity index (χ1) is 11.1. The summed E-state index contributed by atoms with van der Waals surface area (Å²) in [7, 11) is 3.75. The maximum atomic E-state index is 12.9. The second-order valence-corrected chi connectivity index (χ2v) is 5.65. The standard InChI is InChI=1S/C17H30FN3O2/c1-21(11-13-23-14-20-9-3-12-22-2)10-8-17(19)15-4-6-16(18)7-5-15/h4-7,17,20H,3,8-14,19H2,1-2H3/t17-/m0/s1. The number of methoxy groups -OCH3 is 1. The third kappa shape index (κ3) is 9.63. The van der Waals surface area contributed by atoms with Gasteiger partial charge in [-0.3, -0.25) is 5.32 Å². The van der Waals surface area contributed by atoms with E-state index in [2.05, 4.69) is 10.2 Å². The molecular formula is C17H30FN3O2. The third-order valence-electron chi connectivity index (χ3n) is 3.64. The number of hydrogen-bond donors (Lipinski definition) is 2. The van der Waals surface area contributed by atoms with E-state index < -0.39 is 0 Å². The van der Waals surface area contributed by atoms with Crippen molar-refractivity contribution in [1.82, 2.24) is 10.2 Å². The van der Waals surface area contributed by atoms with E-state index in [-0.39, 0.29) is 11.9 Å². The van der Waals surface area contributed by atoms with Crippen LogP contribution in [0.4, 0.5) is 4.39 Å². The number of nitrogens with zero attached hydrogens (tertiary/aromatic N) is 1. The van der Waals surface area contributed by atoms with Gasteiger partial charge in [0.25, 0.3) is 0 Å². The van der Waals surface area contributed by atoms with Gasteiger partial charge in [-0.05, 0) is 50.7 Å². The minimum Gasteiger partial charge on any atom is -0.385 e. The molecule has 23 heavy (non-hydrogen) atoms. The maximum absolute atomic E-state index is 12.9. The molecule has 1 rings (SSSR count). The molecule has 132 valence electrons. The quantitative estimate of drug-likeness (QED) is 0.427. The van der Waals surface area contributed by atoms with Crippen molar-refractivity contribution >= 4 is 0 Å². The maximum Gasteiger partial charge on any atom is 0.123 e. The Kier molecular flexibility index (Phi) is 10.8. The topological polar surface area (TPSA) is 59.8 Å². The zero-order valence-corrected chi connectivity index (χ0v) is 14.3. The van der Waals surface area contributed by atoms with Crippen LogP contribution in [0.25, 0.3) is 0 Å². The summed E-state index contributed by atoms with van der Waals surface area (Å²) in [5.41, 5.74) is 7.10. The molecule has 0 heterocycles. The van der Waals surface area contributed by atoms with Crippen LogP contribution in [0, 0.1) is 5.82 Å². The fourth-order valence-corrected chi connectivity index (χ4v) is 2.13. The molecular weight excluding hydrogens is 297 g/mol. The first kappa shape index (κ1) is 20.0. The van der Waals surface area contributed by atoms with Gasteiger partial charge in [0.2, 0.25) is 0 Å². The van der Waals surface area contributed by atoms with Gasteiger partial charge >= 0.3 is 0 Å². The molecule has 0 saturated heterocycles. The monoisotopic (exact) mass is 327 g/mol. The number of ether oxygens (including phenoxy) is 2. The summed E-state index contributed by atoms with van der Waals surface area (Å²) in [5, 5.41) is 3.20. The van der Waals surface area contributed by atoms with Gasteiger partial charge in [-0.1, -0.05) is 12.1 Å². The molecule has 0 aromatic heterocycles. The summed E-state index contributed by atoms with van der Waals surface area (Å²) in [5.74, 6) is -0.231. The highest BCUT2D eigenvalue weighted by Gasteiger charge is 2.07. The van der Waals surface area contributed by atoms with Crippen molar-refractivity contribution in [3.05, 3.63) is 35.6 Å². The van der Waals surface area contributed by atoms with E-state index in [4.69, 9.17) is 15.2 Å². The van der Waals surface area contributed by atoms with E-state index in [1.807, 2.05) is 7.05 Å². The van der Waals surface area contributed by atoms with E-state index in [0.717, 1.165) is 44.6 Å². The molecule has 3 N–H and O–H groups in total. The van der Waals surface area contributed by atoms with Crippen LogP contribution >= 0.6 is 0 Å². The van der Waals surface area contributed by atoms with Crippen molar-refractivity contribution in [1.29, 1.82) is 0 Å². The Bertz CT molecular complexity index is 403. The molecule has 0 bridgehead atoms. The van der Waals surface area contributed by atoms with E-state index >= 15 is 0 Å². The molecule has 1 atom stereocenters. The van der Waals surface area contributed by atoms with Gasteiger partial charge in [-0.2, -0.15) is 0 Å². The van der Waals surface area contributed by atoms with Crippen LogP contribution < -0.4 is 11.1 Å². The highest BCUT2D eigenvalue weighted by molar-refractivity contribution is 5.19. The van der Waals surface area contributed by atoms with E-state index in [1.54, 1.807) is 19.2 Å². The van der Waals surface area contributed by atoms with E-state index in [9.17, 15) is 4.39 Å². The van der Waals surface area contributed by atoms with E-state index in [0.29, 0.717) is 13.3 Å². The second-order valence-electron chi connectivity index (χ2n) is 5.65. The molecule has 0 fully saturated rings. The fourth-order valence-electron chi connectivity index (χ4n) is 2.13. The normalized spacial score (nSPS) is 12.7. The second kappa shape index (κ2) is 12.4. The lowest BCUT2D eigenvalue weighted by molar-refractivity contribution is 0.0943. The molecule has 6 heteroatoms. The summed E-state index contributed by atoms with van der Waals surface area (Å²) in [6.45, 7) is 4.64. The van der Waals surface area contributed by atoms with Crippen LogP contribution in [0.2, 0.25) is 0 Å². The van der Waals surface area contributed by atoms with Crippen molar-refractivity contribution in [2.45, 2.75) is 18.9 Å². The number of rotatable bonds is 13. The molecule has 0 saturated carbocycles. The summed E-state index contributed by atoms with van der Waals surface area (Å²) in [6.07, 6.45) is 1.82. The van der Waals surface area contributed by atoms with Gasteiger partial charge in [-0.15, -0.1) is 0 Å². The molecule has 0 aliphatic rings. The lowest BCUT2D eigenvalue weighted by Gasteiger charge is -2.19. The van der Waals surface area contributed by atoms with Crippen LogP contribution in [-0.2, 0) is 9.47 Å². The first-order valence-electron chi connectivity index (χ1n) is 8.10. The summed E-state index contributed by atoms with van der Waals surface area (Å²) in [6, 6.07) is 6.33. The van der Waals surface area contributed by atoms with Crippen molar-refractivity contribution in [2.75, 3.05) is 53.7 Å². The molecule has 1 aromatic carbocycles. The van der Waals surface area contributed by atoms with Gasteiger partial charge < -0.3 is 20.1 Å². The molecule has 0 aliphatic carbocycles. The molecule has 0 amide bonds. The number of likely N-dealkylation sites (N-methyl/N-ethyl adjacent to an activating group) is 1. The van der Waals surface area contributed by atoms with Gasteiger partial charge in [0.05, 0.1) is 13.3 Å². The van der Waals surface area contributed by atoms with Crippen molar-refractivity contribution < 1.29 is 13.9 Å². The van der Waals surface area contributed by atoms with Crippen LogP contribution in [0.5, 0.6) is 0 Å². The summed E-state index contributed by atoms with van der Waals surface area (Å²) < 4.78 is 23.4. The lowest BCUT2D eigenvalue weighted by Crippen LogP contribution is -2.29. The summed E-state index contributed by atoms with van der Waals surface area (Å²) >= 11 is 0. The molecule has 0 aliphatic heterocycles. The zero-order chi connectivity index (χ0) is 16.9. The number of hydrogen-bond acceptors (Lipinski definition) is 5. The van der Waals surface area contributed by atoms with Crippen molar-refractivity contribution in [3.8, 4) is 0 Å². The van der Waals surface area contributed by atoms with Gasteiger partial charge in [0.15, 0.2) is 0 Å². The van der Waals surface area contributed by atoms with Gasteiger partial charge in [0.1, 0.15) is 5.82 Å². The molecule has 5 nitrogen and oxygen atoms in total. The Balaban J connectivity index is 2.03. The third-order valence-corrected chi connectivity index (χ3v) is 3.64. The van der Waals surface area contributed by atoms with Crippen molar-refractivity contribution in [3.63, 3.8) is 0 Å². The molecule has 0 unspecified atom stereocenters. The van der Waals surface area contributed by atoms with Crippen LogP contribution in [0.15, 0.2) is 24.3 Å². The van der Waals surface area contributed by atoms with Crippen LogP contribution in [0.1, 0.15) is 24.4 Å². The van der Waals surface area contributed by atoms with E-state index in [1.165, 1.54) is 12.1 Å². The molecule has 0 radical (unpaired) electrons. The fraction of sp³-hybridized carbons (Fsp3) is 0.647. The highest BCUT2D eigenvalue weighted by Crippen LogP contribution is 2.14. The predicted molar refractivity (Wildman–Crippen MR) is 90.8 cm³/mol. The Morgan fingerprint density at radius 1 is 1.22 bits per heavy atom. The number of nitrogens with one attached hydrogen (secondary N) is 1. The summed E-state index contributed by atoms with van der Waals surface area (Å²) in [4.78, 5) is 2.19. The molecule has 0 spiro atoms. The average Bonchev–Trinajstić information content (AvgIpc) is 2.55. The Hall–Kier alpha value is -1.05. The number of nitrogens with two attached hydrogens (primary N) is 1. The lowest BCUT2D eigenvalue weighted by atomic mass is 10.0. The Morgan fingerprint density at radius 2 is 1.96 bits per heavy atom. The minimum absolute atomic E-state index is 0.0681. The number of benzene rings is 1. The first-order valence-corrected chi connectivity index (χ1v) is 8.10. The largest absolute Gasteiger partial charge is 0.385 e. The average molecular weight is 327 g/mol. The highest BCUT2D eigenvalue weighted by atomic mass is 19.1. The molecule has 1 aromatic rings. The van der Waals surface area contributed by atoms with Gasteiger partial charge in [-0.25, -0.2) is 4.39 Å². The van der Waals surface area contributed by atoms with Gasteiger partial charge in [0, 0.05) is 26.3 Å². The predicted octanol–water partition coefficient (Wildman–Crippen LogP) is 1.75. The van der Waals surface area contributed by atoms with Crippen LogP contribution in [-0.4, -0.2) is 58.6 Å². The Labute approximate surface area is 138 Å². The smallest absolute Gasteiger partial charge is 0.123 e. The number of halogens is 1. The zero-order valence-electron chi connectivity index (χ0n) is 14.3. The van der Waals surface area contributed by atoms with Crippen molar-refractivity contribution in [2.24, 2.45) is 5.73 Å². The minimum atomic E-state index is -0.231.